The van der Waals surface area contributed by atoms with Crippen LogP contribution in [0.1, 0.15) is 52.0 Å². The maximum Gasteiger partial charge on any atom is 0.326 e. The van der Waals surface area contributed by atoms with Crippen LogP contribution in [0.2, 0.25) is 0 Å². The lowest BCUT2D eigenvalue weighted by molar-refractivity contribution is -0.139. The molecule has 0 bridgehead atoms. The molecule has 0 spiro atoms. The van der Waals surface area contributed by atoms with E-state index in [1.807, 2.05) is 12.1 Å². The Hall–Kier alpha value is -5.05. The van der Waals surface area contributed by atoms with Gasteiger partial charge in [-0.25, -0.2) is 9.78 Å². The predicted molar refractivity (Wildman–Crippen MR) is 142 cm³/mol. The Morgan fingerprint density at radius 2 is 2.08 bits per heavy atom. The number of nitrogens with one attached hydrogen (secondary N) is 3. The number of aromatic nitrogens is 6. The Bertz CT molecular complexity index is 1620. The zero-order chi connectivity index (χ0) is 27.5. The van der Waals surface area contributed by atoms with E-state index < -0.39 is 17.9 Å². The molecule has 1 unspecified atom stereocenters. The van der Waals surface area contributed by atoms with Gasteiger partial charge in [0.2, 0.25) is 0 Å². The van der Waals surface area contributed by atoms with Gasteiger partial charge in [-0.05, 0) is 73.7 Å². The van der Waals surface area contributed by atoms with Gasteiger partial charge in [0.15, 0.2) is 5.82 Å². The standard InChI is InChI=1S/C27H26N8O4/c1-3-12-35(23-10-6-17-13-22-20(14-19(17)23)26(37)29-15(2)28-22)18-7-4-16(5-8-18)25(36)30-21(27(38)39)9-11-24-31-33-34-32-24/h1,4-5,7-8,13-14,21,23H,6,9-12H2,2H3,(H,30,36)(H,38,39)(H,28,29,37)(H,31,32,33,34)/t21?,23-/m0/s1. The van der Waals surface area contributed by atoms with Crippen LogP contribution in [0.25, 0.3) is 10.9 Å². The van der Waals surface area contributed by atoms with Gasteiger partial charge in [-0.15, -0.1) is 16.6 Å². The van der Waals surface area contributed by atoms with E-state index in [1.165, 1.54) is 0 Å². The number of aromatic amines is 2. The molecule has 1 aliphatic carbocycles. The molecule has 4 aromatic rings. The number of hydrogen-bond acceptors (Lipinski definition) is 8. The van der Waals surface area contributed by atoms with Crippen LogP contribution in [-0.2, 0) is 17.6 Å². The number of aliphatic carboxylic acids is 1. The average molecular weight is 527 g/mol. The number of carbonyl (C=O) groups is 2. The Balaban J connectivity index is 1.35. The van der Waals surface area contributed by atoms with Gasteiger partial charge < -0.3 is 20.3 Å². The highest BCUT2D eigenvalue weighted by atomic mass is 16.4. The monoisotopic (exact) mass is 526 g/mol. The first-order valence-corrected chi connectivity index (χ1v) is 12.4. The number of benzene rings is 2. The number of amides is 1. The highest BCUT2D eigenvalue weighted by Crippen LogP contribution is 2.39. The van der Waals surface area contributed by atoms with Gasteiger partial charge in [0, 0.05) is 17.7 Å². The van der Waals surface area contributed by atoms with E-state index in [0.29, 0.717) is 34.7 Å². The van der Waals surface area contributed by atoms with E-state index in [1.54, 1.807) is 31.2 Å². The van der Waals surface area contributed by atoms with Gasteiger partial charge in [-0.2, -0.15) is 5.21 Å². The summed E-state index contributed by atoms with van der Waals surface area (Å²) in [6.45, 7) is 2.08. The van der Waals surface area contributed by atoms with Gasteiger partial charge in [-0.3, -0.25) is 9.59 Å². The summed E-state index contributed by atoms with van der Waals surface area (Å²) in [6.07, 6.45) is 7.71. The summed E-state index contributed by atoms with van der Waals surface area (Å²) in [5, 5.41) is 26.0. The van der Waals surface area contributed by atoms with Crippen LogP contribution in [0.4, 0.5) is 5.69 Å². The fraction of sp³-hybridized carbons (Fsp3) is 0.296. The minimum absolute atomic E-state index is 0.0534. The number of H-pyrrole nitrogens is 2. The molecule has 2 heterocycles. The van der Waals surface area contributed by atoms with E-state index in [9.17, 15) is 19.5 Å². The molecule has 2 aromatic carbocycles. The summed E-state index contributed by atoms with van der Waals surface area (Å²) < 4.78 is 0. The second-order valence-electron chi connectivity index (χ2n) is 9.38. The second-order valence-corrected chi connectivity index (χ2v) is 9.38. The summed E-state index contributed by atoms with van der Waals surface area (Å²) in [7, 11) is 0. The number of carboxylic acids is 1. The predicted octanol–water partition coefficient (Wildman–Crippen LogP) is 1.69. The molecule has 2 atom stereocenters. The van der Waals surface area contributed by atoms with E-state index in [0.717, 1.165) is 29.7 Å². The van der Waals surface area contributed by atoms with Crippen LogP contribution in [0.15, 0.2) is 41.2 Å². The fourth-order valence-electron chi connectivity index (χ4n) is 5.01. The SMILES string of the molecule is C#CCN(c1ccc(C(=O)NC(CCc2nn[nH]n2)C(=O)O)cc1)[C@H]1CCc2cc3nc(C)[nH]c(=O)c3cc21. The van der Waals surface area contributed by atoms with Crippen molar-refractivity contribution in [1.82, 2.24) is 35.9 Å². The molecule has 5 rings (SSSR count). The number of terminal acetylenes is 1. The molecular formula is C27H26N8O4. The number of rotatable bonds is 9. The van der Waals surface area contributed by atoms with Crippen molar-refractivity contribution in [3.05, 3.63) is 75.1 Å². The molecule has 0 saturated heterocycles. The zero-order valence-corrected chi connectivity index (χ0v) is 21.1. The van der Waals surface area contributed by atoms with E-state index in [4.69, 9.17) is 6.42 Å². The first-order chi connectivity index (χ1) is 18.8. The van der Waals surface area contributed by atoms with Crippen molar-refractivity contribution in [3.63, 3.8) is 0 Å². The fourth-order valence-corrected chi connectivity index (χ4v) is 5.01. The van der Waals surface area contributed by atoms with Crippen LogP contribution in [-0.4, -0.2) is 60.2 Å². The molecule has 0 aliphatic heterocycles. The lowest BCUT2D eigenvalue weighted by Crippen LogP contribution is -2.41. The molecule has 0 saturated carbocycles. The maximum atomic E-state index is 12.8. The molecule has 198 valence electrons. The smallest absolute Gasteiger partial charge is 0.326 e. The third kappa shape index (κ3) is 5.33. The number of nitrogens with zero attached hydrogens (tertiary/aromatic N) is 5. The summed E-state index contributed by atoms with van der Waals surface area (Å²) in [6, 6.07) is 9.57. The number of aryl methyl sites for hydroxylation is 3. The molecule has 1 aliphatic rings. The Morgan fingerprint density at radius 1 is 1.28 bits per heavy atom. The van der Waals surface area contributed by atoms with Gasteiger partial charge >= 0.3 is 5.97 Å². The Labute approximate surface area is 222 Å². The summed E-state index contributed by atoms with van der Waals surface area (Å²) in [5.41, 5.74) is 3.78. The quantitative estimate of drug-likeness (QED) is 0.237. The van der Waals surface area contributed by atoms with Crippen molar-refractivity contribution in [3.8, 4) is 12.3 Å². The molecule has 39 heavy (non-hydrogen) atoms. The van der Waals surface area contributed by atoms with Gasteiger partial charge in [0.25, 0.3) is 11.5 Å². The first-order valence-electron chi connectivity index (χ1n) is 12.4. The zero-order valence-electron chi connectivity index (χ0n) is 21.1. The molecule has 2 aromatic heterocycles. The number of hydrogen-bond donors (Lipinski definition) is 4. The van der Waals surface area contributed by atoms with Crippen molar-refractivity contribution in [2.45, 2.75) is 44.7 Å². The van der Waals surface area contributed by atoms with Crippen LogP contribution in [0.5, 0.6) is 0 Å². The van der Waals surface area contributed by atoms with Crippen LogP contribution in [0, 0.1) is 19.3 Å². The highest BCUT2D eigenvalue weighted by molar-refractivity contribution is 5.96. The van der Waals surface area contributed by atoms with E-state index in [2.05, 4.69) is 46.7 Å². The highest BCUT2D eigenvalue weighted by Gasteiger charge is 2.29. The number of anilines is 1. The van der Waals surface area contributed by atoms with Crippen LogP contribution < -0.4 is 15.8 Å². The van der Waals surface area contributed by atoms with Gasteiger partial charge in [0.1, 0.15) is 11.9 Å². The minimum atomic E-state index is -1.15. The largest absolute Gasteiger partial charge is 0.480 e. The van der Waals surface area contributed by atoms with Gasteiger partial charge in [-0.1, -0.05) is 11.1 Å². The lowest BCUT2D eigenvalue weighted by Gasteiger charge is -2.30. The van der Waals surface area contributed by atoms with E-state index >= 15 is 0 Å². The third-order valence-electron chi connectivity index (χ3n) is 6.88. The van der Waals surface area contributed by atoms with Crippen molar-refractivity contribution < 1.29 is 14.7 Å². The maximum absolute atomic E-state index is 12.8. The minimum Gasteiger partial charge on any atom is -0.480 e. The molecule has 12 heteroatoms. The van der Waals surface area contributed by atoms with Crippen LogP contribution in [0.3, 0.4) is 0 Å². The number of carboxylic acid groups (broad SMARTS) is 1. The molecule has 1 amide bonds. The Kier molecular flexibility index (Phi) is 7.05. The number of tetrazole rings is 1. The summed E-state index contributed by atoms with van der Waals surface area (Å²) >= 11 is 0. The number of carbonyl (C=O) groups excluding carboxylic acids is 1. The topological polar surface area (TPSA) is 170 Å². The van der Waals surface area contributed by atoms with Crippen molar-refractivity contribution in [2.24, 2.45) is 0 Å². The molecule has 0 radical (unpaired) electrons. The number of fused-ring (bicyclic) bond motifs is 2. The molecular weight excluding hydrogens is 500 g/mol. The van der Waals surface area contributed by atoms with Gasteiger partial charge in [0.05, 0.1) is 23.5 Å². The molecule has 0 fully saturated rings. The Morgan fingerprint density at radius 3 is 2.77 bits per heavy atom. The van der Waals surface area contributed by atoms with E-state index in [-0.39, 0.29) is 24.4 Å². The molecule has 4 N–H and O–H groups in total. The summed E-state index contributed by atoms with van der Waals surface area (Å²) in [4.78, 5) is 46.4. The lowest BCUT2D eigenvalue weighted by atomic mass is 10.0. The summed E-state index contributed by atoms with van der Waals surface area (Å²) in [5.74, 6) is 1.99. The second kappa shape index (κ2) is 10.7. The normalized spacial score (nSPS) is 14.9. The first kappa shape index (κ1) is 25.6. The molecule has 12 nitrogen and oxygen atoms in total. The third-order valence-corrected chi connectivity index (χ3v) is 6.88. The average Bonchev–Trinajstić information content (AvgIpc) is 3.58. The van der Waals surface area contributed by atoms with Crippen LogP contribution >= 0.6 is 0 Å². The van der Waals surface area contributed by atoms with Crippen molar-refractivity contribution in [1.29, 1.82) is 0 Å². The van der Waals surface area contributed by atoms with Crippen molar-refractivity contribution >= 4 is 28.5 Å². The van der Waals surface area contributed by atoms with Crippen molar-refractivity contribution in [2.75, 3.05) is 11.4 Å².